The lowest BCUT2D eigenvalue weighted by molar-refractivity contribution is 1.07. The molecular weight excluding hydrogens is 229 g/mol. The normalized spacial score (nSPS) is 10.7. The average molecular weight is 232 g/mol. The van der Waals surface area contributed by atoms with E-state index in [-0.39, 0.29) is 0 Å². The van der Waals surface area contributed by atoms with E-state index in [1.807, 2.05) is 4.40 Å². The molecule has 0 saturated heterocycles. The molecule has 0 aromatic carbocycles. The molecule has 56 valence electrons. The lowest BCUT2D eigenvalue weighted by atomic mass is 10.6. The minimum atomic E-state index is 0.464. The van der Waals surface area contributed by atoms with Gasteiger partial charge in [0.25, 0.3) is 0 Å². The van der Waals surface area contributed by atoms with Crippen LogP contribution in [0.2, 0.25) is 5.15 Å². The monoisotopic (exact) mass is 231 g/mol. The Morgan fingerprint density at radius 2 is 2.27 bits per heavy atom. The van der Waals surface area contributed by atoms with Crippen molar-refractivity contribution in [3.8, 4) is 0 Å². The van der Waals surface area contributed by atoms with Crippen LogP contribution in [0.3, 0.4) is 0 Å². The van der Waals surface area contributed by atoms with E-state index in [0.29, 0.717) is 5.15 Å². The van der Waals surface area contributed by atoms with Gasteiger partial charge in [0.1, 0.15) is 5.52 Å². The lowest BCUT2D eigenvalue weighted by Gasteiger charge is -1.93. The van der Waals surface area contributed by atoms with Gasteiger partial charge in [0.05, 0.1) is 6.20 Å². The molecule has 2 rings (SSSR count). The van der Waals surface area contributed by atoms with Gasteiger partial charge in [-0.3, -0.25) is 4.40 Å². The number of aromatic nitrogens is 3. The van der Waals surface area contributed by atoms with Crippen LogP contribution in [-0.4, -0.2) is 14.4 Å². The molecule has 5 heteroatoms. The van der Waals surface area contributed by atoms with Gasteiger partial charge in [-0.15, -0.1) is 0 Å². The van der Waals surface area contributed by atoms with Crippen molar-refractivity contribution in [2.75, 3.05) is 0 Å². The molecule has 0 atom stereocenters. The molecule has 0 radical (unpaired) electrons. The van der Waals surface area contributed by atoms with E-state index >= 15 is 0 Å². The molecule has 0 unspecified atom stereocenters. The van der Waals surface area contributed by atoms with Gasteiger partial charge in [-0.05, 0) is 15.9 Å². The van der Waals surface area contributed by atoms with E-state index in [1.54, 1.807) is 18.6 Å². The highest BCUT2D eigenvalue weighted by molar-refractivity contribution is 9.10. The summed E-state index contributed by atoms with van der Waals surface area (Å²) < 4.78 is 2.55. The van der Waals surface area contributed by atoms with E-state index in [0.717, 1.165) is 10.3 Å². The predicted molar refractivity (Wildman–Crippen MR) is 45.7 cm³/mol. The van der Waals surface area contributed by atoms with Crippen molar-refractivity contribution >= 4 is 33.0 Å². The summed E-state index contributed by atoms with van der Waals surface area (Å²) >= 11 is 9.04. The maximum absolute atomic E-state index is 5.78. The molecule has 0 spiro atoms. The Labute approximate surface area is 76.2 Å². The summed E-state index contributed by atoms with van der Waals surface area (Å²) in [4.78, 5) is 7.92. The van der Waals surface area contributed by atoms with Gasteiger partial charge in [-0.25, -0.2) is 9.97 Å². The highest BCUT2D eigenvalue weighted by Crippen LogP contribution is 2.17. The summed E-state index contributed by atoms with van der Waals surface area (Å²) in [6, 6.07) is 0. The van der Waals surface area contributed by atoms with E-state index < -0.39 is 0 Å². The van der Waals surface area contributed by atoms with Crippen LogP contribution < -0.4 is 0 Å². The van der Waals surface area contributed by atoms with Gasteiger partial charge >= 0.3 is 0 Å². The van der Waals surface area contributed by atoms with Crippen molar-refractivity contribution in [2.45, 2.75) is 0 Å². The third-order valence-corrected chi connectivity index (χ3v) is 2.24. The number of rotatable bonds is 0. The number of nitrogens with zero attached hydrogens (tertiary/aromatic N) is 3. The zero-order valence-electron chi connectivity index (χ0n) is 5.33. The SMILES string of the molecule is Clc1nccn2c(Br)ncc12. The van der Waals surface area contributed by atoms with Crippen molar-refractivity contribution in [3.05, 3.63) is 28.5 Å². The van der Waals surface area contributed by atoms with Crippen LogP contribution >= 0.6 is 27.5 Å². The van der Waals surface area contributed by atoms with Gasteiger partial charge in [0, 0.05) is 12.4 Å². The standard InChI is InChI=1S/C6H3BrClN3/c7-6-10-3-4-5(8)9-1-2-11(4)6/h1-3H. The summed E-state index contributed by atoms with van der Waals surface area (Å²) in [6.07, 6.45) is 5.08. The van der Waals surface area contributed by atoms with Crippen molar-refractivity contribution in [2.24, 2.45) is 0 Å². The van der Waals surface area contributed by atoms with Crippen LogP contribution in [0.25, 0.3) is 5.52 Å². The lowest BCUT2D eigenvalue weighted by Crippen LogP contribution is -1.85. The van der Waals surface area contributed by atoms with Gasteiger partial charge < -0.3 is 0 Å². The van der Waals surface area contributed by atoms with E-state index in [2.05, 4.69) is 25.9 Å². The zero-order chi connectivity index (χ0) is 7.84. The molecule has 0 aliphatic heterocycles. The topological polar surface area (TPSA) is 30.2 Å². The van der Waals surface area contributed by atoms with Gasteiger partial charge in [-0.1, -0.05) is 11.6 Å². The third kappa shape index (κ3) is 1.02. The first kappa shape index (κ1) is 7.06. The van der Waals surface area contributed by atoms with Crippen molar-refractivity contribution < 1.29 is 0 Å². The quantitative estimate of drug-likeness (QED) is 0.697. The first-order valence-electron chi connectivity index (χ1n) is 2.92. The van der Waals surface area contributed by atoms with Crippen LogP contribution in [0, 0.1) is 0 Å². The van der Waals surface area contributed by atoms with Crippen LogP contribution in [0.15, 0.2) is 23.3 Å². The van der Waals surface area contributed by atoms with Crippen molar-refractivity contribution in [1.29, 1.82) is 0 Å². The largest absolute Gasteiger partial charge is 0.290 e. The number of hydrogen-bond acceptors (Lipinski definition) is 2. The van der Waals surface area contributed by atoms with E-state index in [9.17, 15) is 0 Å². The Morgan fingerprint density at radius 3 is 3.00 bits per heavy atom. The van der Waals surface area contributed by atoms with Crippen molar-refractivity contribution in [3.63, 3.8) is 0 Å². The molecule has 0 fully saturated rings. The second-order valence-electron chi connectivity index (χ2n) is 2.00. The molecular formula is C6H3BrClN3. The molecule has 0 saturated carbocycles. The zero-order valence-corrected chi connectivity index (χ0v) is 7.67. The Kier molecular flexibility index (Phi) is 1.58. The number of halogens is 2. The van der Waals surface area contributed by atoms with Crippen LogP contribution in [0.5, 0.6) is 0 Å². The summed E-state index contributed by atoms with van der Waals surface area (Å²) in [5.41, 5.74) is 0.807. The molecule has 0 aliphatic rings. The summed E-state index contributed by atoms with van der Waals surface area (Å²) in [5.74, 6) is 0. The minimum absolute atomic E-state index is 0.464. The Hall–Kier alpha value is -0.610. The highest BCUT2D eigenvalue weighted by Gasteiger charge is 2.02. The summed E-state index contributed by atoms with van der Waals surface area (Å²) in [5, 5.41) is 0.464. The van der Waals surface area contributed by atoms with Crippen LogP contribution in [0.4, 0.5) is 0 Å². The maximum Gasteiger partial charge on any atom is 0.181 e. The number of fused-ring (bicyclic) bond motifs is 1. The van der Waals surface area contributed by atoms with Crippen molar-refractivity contribution in [1.82, 2.24) is 14.4 Å². The van der Waals surface area contributed by atoms with E-state index in [1.165, 1.54) is 0 Å². The average Bonchev–Trinajstić information content (AvgIpc) is 2.35. The van der Waals surface area contributed by atoms with Gasteiger partial charge in [-0.2, -0.15) is 0 Å². The van der Waals surface area contributed by atoms with Gasteiger partial charge in [0.15, 0.2) is 9.89 Å². The molecule has 3 nitrogen and oxygen atoms in total. The fourth-order valence-electron chi connectivity index (χ4n) is 0.864. The summed E-state index contributed by atoms with van der Waals surface area (Å²) in [6.45, 7) is 0. The molecule has 0 amide bonds. The first-order chi connectivity index (χ1) is 5.29. The Balaban J connectivity index is 2.94. The molecule has 2 heterocycles. The third-order valence-electron chi connectivity index (χ3n) is 1.37. The van der Waals surface area contributed by atoms with Crippen LogP contribution in [0.1, 0.15) is 0 Å². The van der Waals surface area contributed by atoms with E-state index in [4.69, 9.17) is 11.6 Å². The fraction of sp³-hybridized carbons (Fsp3) is 0. The smallest absolute Gasteiger partial charge is 0.181 e. The predicted octanol–water partition coefficient (Wildman–Crippen LogP) is 2.15. The maximum atomic E-state index is 5.78. The Morgan fingerprint density at radius 1 is 1.45 bits per heavy atom. The summed E-state index contributed by atoms with van der Waals surface area (Å²) in [7, 11) is 0. The molecule has 2 aromatic heterocycles. The fourth-order valence-corrected chi connectivity index (χ4v) is 1.47. The second-order valence-corrected chi connectivity index (χ2v) is 3.07. The number of imidazole rings is 1. The minimum Gasteiger partial charge on any atom is -0.290 e. The molecule has 2 aromatic rings. The van der Waals surface area contributed by atoms with Gasteiger partial charge in [0.2, 0.25) is 0 Å². The highest BCUT2D eigenvalue weighted by atomic mass is 79.9. The number of hydrogen-bond donors (Lipinski definition) is 0. The second kappa shape index (κ2) is 2.46. The molecule has 0 N–H and O–H groups in total. The molecule has 0 bridgehead atoms. The first-order valence-corrected chi connectivity index (χ1v) is 4.09. The molecule has 11 heavy (non-hydrogen) atoms. The van der Waals surface area contributed by atoms with Crippen LogP contribution in [-0.2, 0) is 0 Å². The molecule has 0 aliphatic carbocycles. The Bertz CT molecular complexity index is 398.